The van der Waals surface area contributed by atoms with Gasteiger partial charge in [0.2, 0.25) is 0 Å². The highest BCUT2D eigenvalue weighted by Gasteiger charge is 2.33. The molecule has 2 rings (SSSR count). The summed E-state index contributed by atoms with van der Waals surface area (Å²) in [5.41, 5.74) is 4.86. The van der Waals surface area contributed by atoms with Crippen molar-refractivity contribution < 1.29 is 13.2 Å². The van der Waals surface area contributed by atoms with Gasteiger partial charge in [-0.15, -0.1) is 0 Å². The molecule has 0 unspecified atom stereocenters. The van der Waals surface area contributed by atoms with Crippen LogP contribution in [0.15, 0.2) is 12.4 Å². The summed E-state index contributed by atoms with van der Waals surface area (Å²) in [6.07, 6.45) is -1.73. The molecule has 1 fully saturated rings. The maximum Gasteiger partial charge on any atom is 0.433 e. The van der Waals surface area contributed by atoms with E-state index in [4.69, 9.17) is 5.73 Å². The summed E-state index contributed by atoms with van der Waals surface area (Å²) in [5, 5.41) is 0. The first kappa shape index (κ1) is 12.1. The number of aromatic nitrogens is 2. The summed E-state index contributed by atoms with van der Waals surface area (Å²) in [6.45, 7) is 1.22. The number of nitrogens with two attached hydrogens (primary N) is 1. The quantitative estimate of drug-likeness (QED) is 0.814. The first-order chi connectivity index (χ1) is 7.97. The van der Waals surface area contributed by atoms with Crippen LogP contribution in [0.4, 0.5) is 19.0 Å². The molecule has 1 aliphatic rings. The van der Waals surface area contributed by atoms with Gasteiger partial charge < -0.3 is 10.6 Å². The zero-order chi connectivity index (χ0) is 12.5. The molecule has 1 aromatic heterocycles. The smallest absolute Gasteiger partial charge is 0.355 e. The third-order valence-electron chi connectivity index (χ3n) is 2.72. The van der Waals surface area contributed by atoms with Crippen LogP contribution >= 0.6 is 0 Å². The van der Waals surface area contributed by atoms with Gasteiger partial charge in [0.05, 0.1) is 0 Å². The van der Waals surface area contributed by atoms with E-state index in [0.29, 0.717) is 18.9 Å². The molecule has 1 atom stereocenters. The summed E-state index contributed by atoms with van der Waals surface area (Å²) < 4.78 is 37.4. The van der Waals surface area contributed by atoms with Crippen molar-refractivity contribution in [2.24, 2.45) is 5.73 Å². The van der Waals surface area contributed by atoms with Crippen LogP contribution in [0, 0.1) is 0 Å². The lowest BCUT2D eigenvalue weighted by atomic mass is 10.1. The Labute approximate surface area is 96.7 Å². The molecule has 2 heterocycles. The van der Waals surface area contributed by atoms with Gasteiger partial charge in [0.25, 0.3) is 0 Å². The second-order valence-electron chi connectivity index (χ2n) is 4.11. The molecule has 4 nitrogen and oxygen atoms in total. The molecule has 94 valence electrons. The molecular weight excluding hydrogens is 233 g/mol. The number of nitrogens with zero attached hydrogens (tertiary/aromatic N) is 3. The summed E-state index contributed by atoms with van der Waals surface area (Å²) in [6, 6.07) is 0.964. The Balaban J connectivity index is 2.21. The van der Waals surface area contributed by atoms with E-state index < -0.39 is 11.9 Å². The molecule has 0 amide bonds. The van der Waals surface area contributed by atoms with E-state index in [9.17, 15) is 13.2 Å². The van der Waals surface area contributed by atoms with Gasteiger partial charge in [-0.3, -0.25) is 0 Å². The summed E-state index contributed by atoms with van der Waals surface area (Å²) in [5.74, 6) is 0.294. The zero-order valence-corrected chi connectivity index (χ0v) is 9.11. The number of hydrogen-bond donors (Lipinski definition) is 1. The second-order valence-corrected chi connectivity index (χ2v) is 4.11. The predicted octanol–water partition coefficient (Wildman–Crippen LogP) is 1.42. The standard InChI is InChI=1S/C10H13F3N4/c11-10(12,13)8-4-9(16-6-15-8)17-3-1-2-7(14)5-17/h4,6-7H,1-3,5,14H2/t7-/m1/s1. The van der Waals surface area contributed by atoms with Crippen LogP contribution in [0.3, 0.4) is 0 Å². The van der Waals surface area contributed by atoms with Gasteiger partial charge >= 0.3 is 6.18 Å². The Bertz CT molecular complexity index is 393. The van der Waals surface area contributed by atoms with Crippen molar-refractivity contribution in [2.45, 2.75) is 25.1 Å². The van der Waals surface area contributed by atoms with Crippen molar-refractivity contribution in [3.63, 3.8) is 0 Å². The average Bonchev–Trinajstić information content (AvgIpc) is 2.28. The molecule has 1 aliphatic heterocycles. The minimum absolute atomic E-state index is 0.00643. The van der Waals surface area contributed by atoms with Gasteiger partial charge in [0.15, 0.2) is 0 Å². The SMILES string of the molecule is N[C@@H]1CCCN(c2cc(C(F)(F)F)ncn2)C1. The number of hydrogen-bond acceptors (Lipinski definition) is 4. The average molecular weight is 246 g/mol. The minimum Gasteiger partial charge on any atom is -0.355 e. The molecule has 1 aromatic rings. The Morgan fingerprint density at radius 1 is 1.35 bits per heavy atom. The van der Waals surface area contributed by atoms with Crippen molar-refractivity contribution in [3.05, 3.63) is 18.1 Å². The van der Waals surface area contributed by atoms with E-state index in [1.165, 1.54) is 0 Å². The van der Waals surface area contributed by atoms with Crippen molar-refractivity contribution in [1.29, 1.82) is 0 Å². The monoisotopic (exact) mass is 246 g/mol. The largest absolute Gasteiger partial charge is 0.433 e. The lowest BCUT2D eigenvalue weighted by Crippen LogP contribution is -2.43. The molecule has 0 bridgehead atoms. The van der Waals surface area contributed by atoms with Crippen LogP contribution in [0.25, 0.3) is 0 Å². The Kier molecular flexibility index (Phi) is 3.19. The topological polar surface area (TPSA) is 55.0 Å². The maximum atomic E-state index is 12.5. The third kappa shape index (κ3) is 2.85. The van der Waals surface area contributed by atoms with E-state index in [2.05, 4.69) is 9.97 Å². The first-order valence-electron chi connectivity index (χ1n) is 5.36. The van der Waals surface area contributed by atoms with Crippen LogP contribution < -0.4 is 10.6 Å². The van der Waals surface area contributed by atoms with Gasteiger partial charge in [-0.2, -0.15) is 13.2 Å². The van der Waals surface area contributed by atoms with Gasteiger partial charge in [0, 0.05) is 25.2 Å². The van der Waals surface area contributed by atoms with E-state index in [-0.39, 0.29) is 6.04 Å². The fraction of sp³-hybridized carbons (Fsp3) is 0.600. The molecule has 0 aromatic carbocycles. The zero-order valence-electron chi connectivity index (χ0n) is 9.11. The molecule has 1 saturated heterocycles. The van der Waals surface area contributed by atoms with Crippen LogP contribution in [0.2, 0.25) is 0 Å². The number of rotatable bonds is 1. The predicted molar refractivity (Wildman–Crippen MR) is 56.5 cm³/mol. The highest BCUT2D eigenvalue weighted by Crippen LogP contribution is 2.29. The molecule has 7 heteroatoms. The third-order valence-corrected chi connectivity index (χ3v) is 2.72. The van der Waals surface area contributed by atoms with Crippen LogP contribution in [0.1, 0.15) is 18.5 Å². The molecule has 0 spiro atoms. The molecule has 0 radical (unpaired) electrons. The minimum atomic E-state index is -4.43. The number of piperidine rings is 1. The fourth-order valence-electron chi connectivity index (χ4n) is 1.89. The van der Waals surface area contributed by atoms with Gasteiger partial charge in [0.1, 0.15) is 17.8 Å². The van der Waals surface area contributed by atoms with Crippen molar-refractivity contribution in [2.75, 3.05) is 18.0 Å². The highest BCUT2D eigenvalue weighted by atomic mass is 19.4. The molecule has 0 aliphatic carbocycles. The van der Waals surface area contributed by atoms with Crippen LogP contribution in [-0.4, -0.2) is 29.1 Å². The number of anilines is 1. The van der Waals surface area contributed by atoms with Gasteiger partial charge in [-0.05, 0) is 12.8 Å². The molecule has 2 N–H and O–H groups in total. The van der Waals surface area contributed by atoms with Crippen molar-refractivity contribution >= 4 is 5.82 Å². The van der Waals surface area contributed by atoms with E-state index in [0.717, 1.165) is 25.2 Å². The van der Waals surface area contributed by atoms with Crippen LogP contribution in [-0.2, 0) is 6.18 Å². The normalized spacial score (nSPS) is 21.6. The Morgan fingerprint density at radius 2 is 2.12 bits per heavy atom. The van der Waals surface area contributed by atoms with E-state index in [1.807, 2.05) is 0 Å². The maximum absolute atomic E-state index is 12.5. The van der Waals surface area contributed by atoms with E-state index in [1.54, 1.807) is 4.90 Å². The Hall–Kier alpha value is -1.37. The number of alkyl halides is 3. The first-order valence-corrected chi connectivity index (χ1v) is 5.36. The highest BCUT2D eigenvalue weighted by molar-refractivity contribution is 5.40. The Morgan fingerprint density at radius 3 is 2.76 bits per heavy atom. The summed E-state index contributed by atoms with van der Waals surface area (Å²) >= 11 is 0. The number of halogens is 3. The molecular formula is C10H13F3N4. The fourth-order valence-corrected chi connectivity index (χ4v) is 1.89. The summed E-state index contributed by atoms with van der Waals surface area (Å²) in [7, 11) is 0. The lowest BCUT2D eigenvalue weighted by Gasteiger charge is -2.31. The molecule has 0 saturated carbocycles. The van der Waals surface area contributed by atoms with Crippen molar-refractivity contribution in [1.82, 2.24) is 9.97 Å². The van der Waals surface area contributed by atoms with Crippen LogP contribution in [0.5, 0.6) is 0 Å². The van der Waals surface area contributed by atoms with E-state index >= 15 is 0 Å². The second kappa shape index (κ2) is 4.48. The van der Waals surface area contributed by atoms with Gasteiger partial charge in [-0.25, -0.2) is 9.97 Å². The lowest BCUT2D eigenvalue weighted by molar-refractivity contribution is -0.141. The van der Waals surface area contributed by atoms with Gasteiger partial charge in [-0.1, -0.05) is 0 Å². The van der Waals surface area contributed by atoms with Crippen molar-refractivity contribution in [3.8, 4) is 0 Å². The summed E-state index contributed by atoms with van der Waals surface area (Å²) in [4.78, 5) is 8.87. The molecule has 17 heavy (non-hydrogen) atoms.